The van der Waals surface area contributed by atoms with Gasteiger partial charge in [0.25, 0.3) is 0 Å². The van der Waals surface area contributed by atoms with Crippen molar-refractivity contribution >= 4 is 27.6 Å². The first kappa shape index (κ1) is 27.0. The van der Waals surface area contributed by atoms with E-state index in [4.69, 9.17) is 15.3 Å². The largest absolute Gasteiger partial charge is 0.490 e. The van der Waals surface area contributed by atoms with Crippen molar-refractivity contribution < 1.29 is 14.3 Å². The predicted molar refractivity (Wildman–Crippen MR) is 140 cm³/mol. The van der Waals surface area contributed by atoms with Crippen LogP contribution in [0.25, 0.3) is 0 Å². The zero-order valence-corrected chi connectivity index (χ0v) is 22.5. The minimum absolute atomic E-state index is 0.0186. The van der Waals surface area contributed by atoms with Crippen LogP contribution in [0.5, 0.6) is 5.75 Å². The molecule has 10 nitrogen and oxygen atoms in total. The van der Waals surface area contributed by atoms with Crippen molar-refractivity contribution in [3.8, 4) is 5.75 Å². The Hall–Kier alpha value is -3.60. The van der Waals surface area contributed by atoms with Gasteiger partial charge in [0.15, 0.2) is 0 Å². The molecule has 0 saturated heterocycles. The summed E-state index contributed by atoms with van der Waals surface area (Å²) in [5, 5.41) is 0. The summed E-state index contributed by atoms with van der Waals surface area (Å²) in [6.07, 6.45) is -0.0186. The van der Waals surface area contributed by atoms with Crippen LogP contribution in [0.1, 0.15) is 31.9 Å². The lowest BCUT2D eigenvalue weighted by molar-refractivity contribution is -0.145. The van der Waals surface area contributed by atoms with Gasteiger partial charge in [-0.25, -0.2) is 19.1 Å². The highest BCUT2D eigenvalue weighted by Gasteiger charge is 2.20. The summed E-state index contributed by atoms with van der Waals surface area (Å²) in [6.45, 7) is 7.28. The fourth-order valence-corrected chi connectivity index (χ4v) is 3.98. The molecular formula is C25H30BrN5O5. The van der Waals surface area contributed by atoms with Crippen molar-refractivity contribution in [2.75, 3.05) is 13.0 Å². The lowest BCUT2D eigenvalue weighted by Crippen LogP contribution is -2.58. The van der Waals surface area contributed by atoms with Crippen molar-refractivity contribution in [2.45, 2.75) is 46.9 Å². The first-order chi connectivity index (χ1) is 17.0. The van der Waals surface area contributed by atoms with Crippen LogP contribution in [-0.2, 0) is 22.6 Å². The SMILES string of the molecule is COC(=O)[C@@H](C)Cn1c(=O)n(N)/c(=N\c2ccc(OC(C)C)c(Br)c2)n(Cc2ccc(C)cc2)c1=O. The number of nitrogen functional groups attached to an aromatic ring is 1. The van der Waals surface area contributed by atoms with Crippen LogP contribution in [0.15, 0.2) is 61.5 Å². The number of hydrogen-bond donors (Lipinski definition) is 1. The molecule has 192 valence electrons. The number of rotatable bonds is 8. The highest BCUT2D eigenvalue weighted by Crippen LogP contribution is 2.29. The van der Waals surface area contributed by atoms with E-state index in [-0.39, 0.29) is 24.8 Å². The molecule has 0 saturated carbocycles. The number of esters is 1. The molecule has 0 amide bonds. The van der Waals surface area contributed by atoms with Crippen molar-refractivity contribution in [1.82, 2.24) is 13.8 Å². The molecule has 0 fully saturated rings. The molecule has 1 heterocycles. The topological polar surface area (TPSA) is 123 Å². The lowest BCUT2D eigenvalue weighted by atomic mass is 10.1. The smallest absolute Gasteiger partial charge is 0.353 e. The second-order valence-corrected chi connectivity index (χ2v) is 9.59. The molecular weight excluding hydrogens is 530 g/mol. The first-order valence-electron chi connectivity index (χ1n) is 11.4. The number of halogens is 1. The minimum Gasteiger partial charge on any atom is -0.490 e. The Kier molecular flexibility index (Phi) is 8.57. The summed E-state index contributed by atoms with van der Waals surface area (Å²) in [4.78, 5) is 43.1. The number of methoxy groups -OCH3 is 1. The fourth-order valence-electron chi connectivity index (χ4n) is 3.52. The Morgan fingerprint density at radius 2 is 1.72 bits per heavy atom. The van der Waals surface area contributed by atoms with Crippen LogP contribution >= 0.6 is 15.9 Å². The summed E-state index contributed by atoms with van der Waals surface area (Å²) in [5.74, 6) is 5.53. The maximum absolute atomic E-state index is 13.5. The number of carbonyl (C=O) groups excluding carboxylic acids is 1. The molecule has 11 heteroatoms. The van der Waals surface area contributed by atoms with E-state index in [0.717, 1.165) is 20.4 Å². The van der Waals surface area contributed by atoms with Crippen LogP contribution in [0.2, 0.25) is 0 Å². The monoisotopic (exact) mass is 559 g/mol. The number of benzene rings is 2. The van der Waals surface area contributed by atoms with Crippen LogP contribution < -0.4 is 27.6 Å². The van der Waals surface area contributed by atoms with Gasteiger partial charge in [-0.3, -0.25) is 9.36 Å². The fraction of sp³-hybridized carbons (Fsp3) is 0.360. The molecule has 0 unspecified atom stereocenters. The molecule has 2 N–H and O–H groups in total. The van der Waals surface area contributed by atoms with Gasteiger partial charge in [-0.15, -0.1) is 0 Å². The van der Waals surface area contributed by atoms with Crippen LogP contribution in [0.4, 0.5) is 5.69 Å². The molecule has 36 heavy (non-hydrogen) atoms. The van der Waals surface area contributed by atoms with Gasteiger partial charge < -0.3 is 15.3 Å². The summed E-state index contributed by atoms with van der Waals surface area (Å²) >= 11 is 3.47. The molecule has 1 aromatic heterocycles. The van der Waals surface area contributed by atoms with E-state index in [1.807, 2.05) is 45.0 Å². The normalized spacial score (nSPS) is 12.6. The molecule has 0 radical (unpaired) electrons. The quantitative estimate of drug-likeness (QED) is 0.334. The molecule has 0 aliphatic rings. The van der Waals surface area contributed by atoms with Gasteiger partial charge in [-0.1, -0.05) is 36.8 Å². The lowest BCUT2D eigenvalue weighted by Gasteiger charge is -2.16. The summed E-state index contributed by atoms with van der Waals surface area (Å²) in [7, 11) is 1.25. The van der Waals surface area contributed by atoms with E-state index in [2.05, 4.69) is 20.9 Å². The summed E-state index contributed by atoms with van der Waals surface area (Å²) in [6, 6.07) is 12.8. The van der Waals surface area contributed by atoms with Gasteiger partial charge in [-0.2, -0.15) is 4.68 Å². The predicted octanol–water partition coefficient (Wildman–Crippen LogP) is 2.47. The highest BCUT2D eigenvalue weighted by molar-refractivity contribution is 9.10. The van der Waals surface area contributed by atoms with E-state index in [0.29, 0.717) is 15.9 Å². The van der Waals surface area contributed by atoms with Gasteiger partial charge in [0, 0.05) is 6.54 Å². The standard InChI is InChI=1S/C25H30BrN5O5/c1-15(2)36-21-11-10-19(12-20(21)26)28-23-29(14-18-8-6-16(3)7-9-18)24(33)30(25(34)31(23)27)13-17(4)22(32)35-5/h6-12,15,17H,13-14,27H2,1-5H3/b28-23-/t17-/m0/s1. The van der Waals surface area contributed by atoms with E-state index in [1.165, 1.54) is 11.7 Å². The number of carbonyl (C=O) groups is 1. The van der Waals surface area contributed by atoms with Gasteiger partial charge in [0.1, 0.15) is 5.75 Å². The third kappa shape index (κ3) is 6.14. The Bertz CT molecular complexity index is 1440. The van der Waals surface area contributed by atoms with Gasteiger partial charge in [0.2, 0.25) is 5.62 Å². The molecule has 0 aliphatic heterocycles. The summed E-state index contributed by atoms with van der Waals surface area (Å²) < 4.78 is 14.2. The van der Waals surface area contributed by atoms with E-state index >= 15 is 0 Å². The number of nitrogens with two attached hydrogens (primary N) is 1. The van der Waals surface area contributed by atoms with Gasteiger partial charge in [0.05, 0.1) is 35.8 Å². The Balaban J connectivity index is 2.22. The zero-order chi connectivity index (χ0) is 26.6. The van der Waals surface area contributed by atoms with Crippen molar-refractivity contribution in [1.29, 1.82) is 0 Å². The second-order valence-electron chi connectivity index (χ2n) is 8.73. The maximum atomic E-state index is 13.5. The molecule has 0 aliphatic carbocycles. The van der Waals surface area contributed by atoms with Gasteiger partial charge in [-0.05, 0) is 60.5 Å². The molecule has 3 rings (SSSR count). The van der Waals surface area contributed by atoms with Crippen LogP contribution in [0.3, 0.4) is 0 Å². The third-order valence-corrected chi connectivity index (χ3v) is 6.00. The third-order valence-electron chi connectivity index (χ3n) is 5.38. The van der Waals surface area contributed by atoms with Crippen molar-refractivity contribution in [3.05, 3.63) is 84.7 Å². The molecule has 3 aromatic rings. The van der Waals surface area contributed by atoms with E-state index < -0.39 is 23.3 Å². The Labute approximate surface area is 216 Å². The number of aromatic nitrogens is 3. The van der Waals surface area contributed by atoms with Crippen LogP contribution in [-0.4, -0.2) is 33.0 Å². The Morgan fingerprint density at radius 1 is 1.06 bits per heavy atom. The molecule has 1 atom stereocenters. The maximum Gasteiger partial charge on any atom is 0.353 e. The van der Waals surface area contributed by atoms with Crippen LogP contribution in [0, 0.1) is 12.8 Å². The number of aryl methyl sites for hydroxylation is 1. The number of ether oxygens (including phenoxy) is 2. The average Bonchev–Trinajstić information content (AvgIpc) is 2.84. The van der Waals surface area contributed by atoms with Crippen molar-refractivity contribution in [3.63, 3.8) is 0 Å². The molecule has 0 bridgehead atoms. The van der Waals surface area contributed by atoms with E-state index in [1.54, 1.807) is 25.1 Å². The first-order valence-corrected chi connectivity index (χ1v) is 12.2. The second kappa shape index (κ2) is 11.4. The zero-order valence-electron chi connectivity index (χ0n) is 20.9. The number of nitrogens with zero attached hydrogens (tertiary/aromatic N) is 4. The van der Waals surface area contributed by atoms with Gasteiger partial charge >= 0.3 is 17.3 Å². The summed E-state index contributed by atoms with van der Waals surface area (Å²) in [5.41, 5.74) is 0.845. The Morgan fingerprint density at radius 3 is 2.31 bits per heavy atom. The average molecular weight is 560 g/mol. The highest BCUT2D eigenvalue weighted by atomic mass is 79.9. The van der Waals surface area contributed by atoms with Crippen molar-refractivity contribution in [2.24, 2.45) is 10.9 Å². The van der Waals surface area contributed by atoms with E-state index in [9.17, 15) is 14.4 Å². The molecule has 0 spiro atoms. The minimum atomic E-state index is -0.798. The number of hydrogen-bond acceptors (Lipinski definition) is 7. The molecule has 2 aromatic carbocycles.